The molecule has 1 radical (unpaired) electrons. The lowest BCUT2D eigenvalue weighted by Gasteiger charge is -2.18. The fraction of sp³-hybridized carbons (Fsp3) is 0.133. The predicted octanol–water partition coefficient (Wildman–Crippen LogP) is 5.12. The molecule has 0 aliphatic heterocycles. The topological polar surface area (TPSA) is 26.3 Å². The first kappa shape index (κ1) is 15.4. The van der Waals surface area contributed by atoms with Gasteiger partial charge in [0.25, 0.3) is 0 Å². The highest BCUT2D eigenvalue weighted by molar-refractivity contribution is 9.10. The molecule has 0 saturated heterocycles. The van der Waals surface area contributed by atoms with Crippen LogP contribution in [0.1, 0.15) is 17.2 Å². The summed E-state index contributed by atoms with van der Waals surface area (Å²) < 4.78 is 5.92. The van der Waals surface area contributed by atoms with Gasteiger partial charge >= 0.3 is 6.47 Å². The minimum Gasteiger partial charge on any atom is -0.449 e. The lowest BCUT2D eigenvalue weighted by Crippen LogP contribution is -2.08. The Kier molecular flexibility index (Phi) is 5.46. The van der Waals surface area contributed by atoms with Crippen molar-refractivity contribution >= 4 is 45.6 Å². The van der Waals surface area contributed by atoms with Gasteiger partial charge in [0.05, 0.1) is 0 Å². The molecule has 2 rings (SSSR count). The average Bonchev–Trinajstić information content (AvgIpc) is 2.43. The second-order valence-corrected chi connectivity index (χ2v) is 5.78. The number of halogens is 3. The zero-order valence-electron chi connectivity index (χ0n) is 10.3. The fourth-order valence-corrected chi connectivity index (χ4v) is 3.01. The van der Waals surface area contributed by atoms with Crippen LogP contribution in [0.3, 0.4) is 0 Å². The molecule has 0 aliphatic carbocycles. The van der Waals surface area contributed by atoms with E-state index in [0.29, 0.717) is 16.5 Å². The molecule has 0 spiro atoms. The van der Waals surface area contributed by atoms with Crippen LogP contribution in [0.2, 0.25) is 10.0 Å². The summed E-state index contributed by atoms with van der Waals surface area (Å²) >= 11 is 15.7. The summed E-state index contributed by atoms with van der Waals surface area (Å²) in [5, 5.41) is 1.09. The van der Waals surface area contributed by atoms with Gasteiger partial charge in [-0.2, -0.15) is 0 Å². The molecule has 0 N–H and O–H groups in total. The molecule has 0 amide bonds. The van der Waals surface area contributed by atoms with Crippen LogP contribution in [0, 0.1) is 0 Å². The van der Waals surface area contributed by atoms with Gasteiger partial charge < -0.3 is 4.74 Å². The second-order valence-electron chi connectivity index (χ2n) is 4.12. The predicted molar refractivity (Wildman–Crippen MR) is 83.8 cm³/mol. The number of carbonyl (C=O) groups excluding carboxylic acids is 1. The Morgan fingerprint density at radius 3 is 2.35 bits per heavy atom. The highest BCUT2D eigenvalue weighted by Gasteiger charge is 2.19. The molecule has 103 valence electrons. The van der Waals surface area contributed by atoms with E-state index in [1.807, 2.05) is 24.3 Å². The SMILES string of the molecule is O=[C]OC(Cc1c(Cl)cccc1Cl)c1ccccc1Br. The van der Waals surface area contributed by atoms with Crippen molar-refractivity contribution in [1.82, 2.24) is 0 Å². The number of hydrogen-bond donors (Lipinski definition) is 0. The van der Waals surface area contributed by atoms with Crippen molar-refractivity contribution in [3.05, 3.63) is 68.1 Å². The summed E-state index contributed by atoms with van der Waals surface area (Å²) in [4.78, 5) is 10.6. The van der Waals surface area contributed by atoms with E-state index in [9.17, 15) is 4.79 Å². The van der Waals surface area contributed by atoms with Crippen LogP contribution in [-0.2, 0) is 16.0 Å². The first-order chi connectivity index (χ1) is 9.63. The number of benzene rings is 2. The summed E-state index contributed by atoms with van der Waals surface area (Å²) in [6, 6.07) is 12.8. The highest BCUT2D eigenvalue weighted by atomic mass is 79.9. The molecule has 1 unspecified atom stereocenters. The van der Waals surface area contributed by atoms with E-state index in [1.54, 1.807) is 18.2 Å². The summed E-state index contributed by atoms with van der Waals surface area (Å²) in [7, 11) is 0. The minimum absolute atomic E-state index is 0.385. The zero-order valence-corrected chi connectivity index (χ0v) is 13.4. The normalized spacial score (nSPS) is 11.9. The van der Waals surface area contributed by atoms with Crippen LogP contribution in [0.4, 0.5) is 0 Å². The van der Waals surface area contributed by atoms with E-state index >= 15 is 0 Å². The third kappa shape index (κ3) is 3.54. The van der Waals surface area contributed by atoms with Gasteiger partial charge in [-0.05, 0) is 23.8 Å². The number of hydrogen-bond acceptors (Lipinski definition) is 2. The van der Waals surface area contributed by atoms with Crippen molar-refractivity contribution in [3.63, 3.8) is 0 Å². The molecule has 0 saturated carbocycles. The van der Waals surface area contributed by atoms with Crippen LogP contribution in [0.25, 0.3) is 0 Å². The second kappa shape index (κ2) is 7.11. The van der Waals surface area contributed by atoms with Crippen molar-refractivity contribution in [2.45, 2.75) is 12.5 Å². The van der Waals surface area contributed by atoms with Crippen LogP contribution in [0.5, 0.6) is 0 Å². The van der Waals surface area contributed by atoms with E-state index in [0.717, 1.165) is 15.6 Å². The molecule has 5 heteroatoms. The molecule has 0 fully saturated rings. The largest absolute Gasteiger partial charge is 0.449 e. The highest BCUT2D eigenvalue weighted by Crippen LogP contribution is 2.33. The molecular formula is C15H10BrCl2O2. The maximum Gasteiger partial charge on any atom is 0.418 e. The van der Waals surface area contributed by atoms with Crippen LogP contribution < -0.4 is 0 Å². The number of ether oxygens (including phenoxy) is 1. The Hall–Kier alpha value is -1.03. The molecule has 0 aliphatic rings. The van der Waals surface area contributed by atoms with Crippen LogP contribution >= 0.6 is 39.1 Å². The Bertz CT molecular complexity index is 596. The zero-order chi connectivity index (χ0) is 14.5. The summed E-state index contributed by atoms with van der Waals surface area (Å²) in [5.74, 6) is 0. The van der Waals surface area contributed by atoms with Gasteiger partial charge in [0, 0.05) is 26.5 Å². The fourth-order valence-electron chi connectivity index (χ4n) is 1.92. The minimum atomic E-state index is -0.500. The first-order valence-electron chi connectivity index (χ1n) is 5.83. The molecule has 20 heavy (non-hydrogen) atoms. The van der Waals surface area contributed by atoms with Crippen molar-refractivity contribution in [2.24, 2.45) is 0 Å². The van der Waals surface area contributed by atoms with Crippen LogP contribution in [0.15, 0.2) is 46.9 Å². The maximum atomic E-state index is 10.6. The Balaban J connectivity index is 2.36. The monoisotopic (exact) mass is 371 g/mol. The van der Waals surface area contributed by atoms with Crippen LogP contribution in [-0.4, -0.2) is 6.47 Å². The number of rotatable bonds is 5. The summed E-state index contributed by atoms with van der Waals surface area (Å²) in [5.41, 5.74) is 1.58. The van der Waals surface area contributed by atoms with E-state index in [2.05, 4.69) is 15.9 Å². The van der Waals surface area contributed by atoms with E-state index in [1.165, 1.54) is 6.47 Å². The average molecular weight is 373 g/mol. The lowest BCUT2D eigenvalue weighted by atomic mass is 10.0. The van der Waals surface area contributed by atoms with Gasteiger partial charge in [-0.1, -0.05) is 63.4 Å². The van der Waals surface area contributed by atoms with Crippen molar-refractivity contribution in [1.29, 1.82) is 0 Å². The van der Waals surface area contributed by atoms with E-state index in [-0.39, 0.29) is 0 Å². The smallest absolute Gasteiger partial charge is 0.418 e. The quantitative estimate of drug-likeness (QED) is 0.727. The summed E-state index contributed by atoms with van der Waals surface area (Å²) in [6.45, 7) is 1.50. The van der Waals surface area contributed by atoms with Crippen molar-refractivity contribution in [2.75, 3.05) is 0 Å². The van der Waals surface area contributed by atoms with Crippen molar-refractivity contribution in [3.8, 4) is 0 Å². The molecule has 0 bridgehead atoms. The first-order valence-corrected chi connectivity index (χ1v) is 7.38. The van der Waals surface area contributed by atoms with E-state index in [4.69, 9.17) is 27.9 Å². The van der Waals surface area contributed by atoms with Gasteiger partial charge in [0.2, 0.25) is 0 Å². The third-order valence-electron chi connectivity index (χ3n) is 2.89. The Labute approximate surface area is 135 Å². The Morgan fingerprint density at radius 2 is 1.75 bits per heavy atom. The molecule has 2 aromatic rings. The summed E-state index contributed by atoms with van der Waals surface area (Å²) in [6.07, 6.45) is -0.114. The molecule has 2 aromatic carbocycles. The van der Waals surface area contributed by atoms with Gasteiger partial charge in [-0.15, -0.1) is 0 Å². The molecule has 0 aromatic heterocycles. The molecule has 1 atom stereocenters. The van der Waals surface area contributed by atoms with Gasteiger partial charge in [-0.3, -0.25) is 0 Å². The van der Waals surface area contributed by atoms with Crippen molar-refractivity contribution < 1.29 is 9.53 Å². The van der Waals surface area contributed by atoms with E-state index < -0.39 is 6.10 Å². The molecule has 2 nitrogen and oxygen atoms in total. The Morgan fingerprint density at radius 1 is 1.10 bits per heavy atom. The molecule has 0 heterocycles. The third-order valence-corrected chi connectivity index (χ3v) is 4.32. The maximum absolute atomic E-state index is 10.6. The molecular weight excluding hydrogens is 363 g/mol. The lowest BCUT2D eigenvalue weighted by molar-refractivity contribution is 0.179. The standard InChI is InChI=1S/C15H10BrCl2O2/c16-12-5-2-1-4-10(12)15(20-9-19)8-11-13(17)6-3-7-14(11)18/h1-7,15H,8H2. The van der Waals surface area contributed by atoms with Gasteiger partial charge in [-0.25, -0.2) is 4.79 Å². The van der Waals surface area contributed by atoms with Gasteiger partial charge in [0.1, 0.15) is 6.10 Å². The van der Waals surface area contributed by atoms with Gasteiger partial charge in [0.15, 0.2) is 0 Å².